The second-order valence-corrected chi connectivity index (χ2v) is 5.40. The zero-order chi connectivity index (χ0) is 19.6. The minimum Gasteiger partial charge on any atom is -0.493 e. The van der Waals surface area contributed by atoms with Crippen LogP contribution in [0.1, 0.15) is 18.1 Å². The first-order valence-electron chi connectivity index (χ1n) is 8.34. The van der Waals surface area contributed by atoms with E-state index in [0.717, 1.165) is 11.1 Å². The van der Waals surface area contributed by atoms with E-state index in [1.54, 1.807) is 69.7 Å². The lowest BCUT2D eigenvalue weighted by molar-refractivity contribution is -0.145. The van der Waals surface area contributed by atoms with Crippen molar-refractivity contribution in [3.05, 3.63) is 53.6 Å². The fourth-order valence-electron chi connectivity index (χ4n) is 2.36. The zero-order valence-electron chi connectivity index (χ0n) is 15.5. The molecule has 27 heavy (non-hydrogen) atoms. The average Bonchev–Trinajstić information content (AvgIpc) is 2.71. The van der Waals surface area contributed by atoms with Crippen LogP contribution in [0.4, 0.5) is 0 Å². The topological polar surface area (TPSA) is 77.8 Å². The molecule has 0 N–H and O–H groups in total. The molecule has 0 radical (unpaired) electrons. The van der Waals surface area contributed by atoms with Gasteiger partial charge in [0.1, 0.15) is 5.75 Å². The van der Waals surface area contributed by atoms with Crippen LogP contribution < -0.4 is 14.2 Å². The number of hydrogen-bond acceptors (Lipinski definition) is 6. The highest BCUT2D eigenvalue weighted by molar-refractivity contribution is 5.90. The SMILES string of the molecule is CCOC(=O)COc1ccc(C=C(C#N)c2ccc(OC)c(OC)c2)cc1. The van der Waals surface area contributed by atoms with Crippen LogP contribution in [0.3, 0.4) is 0 Å². The highest BCUT2D eigenvalue weighted by Crippen LogP contribution is 2.31. The summed E-state index contributed by atoms with van der Waals surface area (Å²) >= 11 is 0. The van der Waals surface area contributed by atoms with Gasteiger partial charge in [0.25, 0.3) is 0 Å². The van der Waals surface area contributed by atoms with E-state index in [9.17, 15) is 10.1 Å². The second-order valence-electron chi connectivity index (χ2n) is 5.40. The summed E-state index contributed by atoms with van der Waals surface area (Å²) in [6.45, 7) is 1.92. The Morgan fingerprint density at radius 2 is 1.78 bits per heavy atom. The predicted molar refractivity (Wildman–Crippen MR) is 102 cm³/mol. The highest BCUT2D eigenvalue weighted by Gasteiger charge is 2.08. The number of carbonyl (C=O) groups is 1. The van der Waals surface area contributed by atoms with E-state index in [-0.39, 0.29) is 6.61 Å². The monoisotopic (exact) mass is 367 g/mol. The molecular formula is C21H21NO5. The molecule has 0 spiro atoms. The maximum atomic E-state index is 11.3. The van der Waals surface area contributed by atoms with Crippen LogP contribution in [0.25, 0.3) is 11.6 Å². The standard InChI is InChI=1S/C21H21NO5/c1-4-26-21(23)14-27-18-8-5-15(6-9-18)11-17(13-22)16-7-10-19(24-2)20(12-16)25-3/h5-12H,4,14H2,1-3H3. The largest absolute Gasteiger partial charge is 0.493 e. The molecule has 2 rings (SSSR count). The van der Waals surface area contributed by atoms with E-state index in [1.807, 2.05) is 0 Å². The van der Waals surface area contributed by atoms with E-state index in [1.165, 1.54) is 0 Å². The Bertz CT molecular complexity index is 850. The van der Waals surface area contributed by atoms with Gasteiger partial charge in [-0.2, -0.15) is 5.26 Å². The molecule has 2 aromatic carbocycles. The maximum absolute atomic E-state index is 11.3. The number of nitrogens with zero attached hydrogens (tertiary/aromatic N) is 1. The molecule has 6 heteroatoms. The number of allylic oxidation sites excluding steroid dienone is 1. The van der Waals surface area contributed by atoms with Gasteiger partial charge in [0.05, 0.1) is 32.5 Å². The maximum Gasteiger partial charge on any atom is 0.344 e. The van der Waals surface area contributed by atoms with Crippen LogP contribution in [0, 0.1) is 11.3 Å². The molecule has 0 aromatic heterocycles. The van der Waals surface area contributed by atoms with Crippen molar-refractivity contribution >= 4 is 17.6 Å². The summed E-state index contributed by atoms with van der Waals surface area (Å²) in [5.41, 5.74) is 2.03. The van der Waals surface area contributed by atoms with Crippen molar-refractivity contribution in [2.24, 2.45) is 0 Å². The van der Waals surface area contributed by atoms with Crippen molar-refractivity contribution in [1.29, 1.82) is 5.26 Å². The molecule has 140 valence electrons. The molecular weight excluding hydrogens is 346 g/mol. The van der Waals surface area contributed by atoms with Gasteiger partial charge < -0.3 is 18.9 Å². The Kier molecular flexibility index (Phi) is 7.26. The van der Waals surface area contributed by atoms with Crippen LogP contribution >= 0.6 is 0 Å². The van der Waals surface area contributed by atoms with E-state index in [4.69, 9.17) is 18.9 Å². The van der Waals surface area contributed by atoms with E-state index < -0.39 is 5.97 Å². The van der Waals surface area contributed by atoms with Crippen molar-refractivity contribution in [2.45, 2.75) is 6.92 Å². The number of methoxy groups -OCH3 is 2. The van der Waals surface area contributed by atoms with E-state index in [2.05, 4.69) is 6.07 Å². The minimum absolute atomic E-state index is 0.141. The molecule has 0 amide bonds. The molecule has 0 bridgehead atoms. The van der Waals surface area contributed by atoms with Crippen LogP contribution in [-0.4, -0.2) is 33.4 Å². The van der Waals surface area contributed by atoms with Gasteiger partial charge >= 0.3 is 5.97 Å². The molecule has 0 saturated heterocycles. The van der Waals surface area contributed by atoms with Crippen molar-refractivity contribution in [1.82, 2.24) is 0 Å². The van der Waals surface area contributed by atoms with Crippen LogP contribution in [-0.2, 0) is 9.53 Å². The van der Waals surface area contributed by atoms with Gasteiger partial charge in [0, 0.05) is 0 Å². The lowest BCUT2D eigenvalue weighted by atomic mass is 10.0. The number of carbonyl (C=O) groups excluding carboxylic acids is 1. The van der Waals surface area contributed by atoms with Crippen LogP contribution in [0.15, 0.2) is 42.5 Å². The number of nitriles is 1. The smallest absolute Gasteiger partial charge is 0.344 e. The molecule has 0 fully saturated rings. The Hall–Kier alpha value is -3.46. The van der Waals surface area contributed by atoms with Gasteiger partial charge in [-0.1, -0.05) is 12.1 Å². The molecule has 0 aliphatic carbocycles. The molecule has 0 heterocycles. The van der Waals surface area contributed by atoms with Gasteiger partial charge in [-0.15, -0.1) is 0 Å². The summed E-state index contributed by atoms with van der Waals surface area (Å²) in [6.07, 6.45) is 1.76. The van der Waals surface area contributed by atoms with Gasteiger partial charge in [-0.05, 0) is 54.5 Å². The van der Waals surface area contributed by atoms with Crippen LogP contribution in [0.2, 0.25) is 0 Å². The van der Waals surface area contributed by atoms with E-state index in [0.29, 0.717) is 29.4 Å². The first kappa shape index (κ1) is 19.9. The van der Waals surface area contributed by atoms with Gasteiger partial charge in [-0.25, -0.2) is 4.79 Å². The van der Waals surface area contributed by atoms with Crippen molar-refractivity contribution < 1.29 is 23.7 Å². The predicted octanol–water partition coefficient (Wildman–Crippen LogP) is 3.71. The van der Waals surface area contributed by atoms with Crippen molar-refractivity contribution in [2.75, 3.05) is 27.4 Å². The Morgan fingerprint density at radius 3 is 2.37 bits per heavy atom. The van der Waals surface area contributed by atoms with Crippen molar-refractivity contribution in [3.8, 4) is 23.3 Å². The Morgan fingerprint density at radius 1 is 1.07 bits per heavy atom. The normalized spacial score (nSPS) is 10.7. The minimum atomic E-state index is -0.415. The molecule has 0 aliphatic heterocycles. The zero-order valence-corrected chi connectivity index (χ0v) is 15.5. The fourth-order valence-corrected chi connectivity index (χ4v) is 2.36. The lowest BCUT2D eigenvalue weighted by Gasteiger charge is -2.09. The summed E-state index contributed by atoms with van der Waals surface area (Å²) < 4.78 is 20.7. The molecule has 6 nitrogen and oxygen atoms in total. The number of esters is 1. The molecule has 0 saturated carbocycles. The average molecular weight is 367 g/mol. The Balaban J connectivity index is 2.16. The quantitative estimate of drug-likeness (QED) is 0.402. The van der Waals surface area contributed by atoms with Crippen molar-refractivity contribution in [3.63, 3.8) is 0 Å². The first-order chi connectivity index (χ1) is 13.1. The third kappa shape index (κ3) is 5.51. The molecule has 0 aliphatic rings. The fraction of sp³-hybridized carbons (Fsp3) is 0.238. The number of hydrogen-bond donors (Lipinski definition) is 0. The van der Waals surface area contributed by atoms with Crippen LogP contribution in [0.5, 0.6) is 17.2 Å². The summed E-state index contributed by atoms with van der Waals surface area (Å²) in [7, 11) is 3.11. The summed E-state index contributed by atoms with van der Waals surface area (Å²) in [4.78, 5) is 11.3. The third-order valence-electron chi connectivity index (χ3n) is 3.67. The Labute approximate surface area is 158 Å². The van der Waals surface area contributed by atoms with E-state index >= 15 is 0 Å². The lowest BCUT2D eigenvalue weighted by Crippen LogP contribution is -2.14. The number of benzene rings is 2. The first-order valence-corrected chi connectivity index (χ1v) is 8.34. The van der Waals surface area contributed by atoms with Gasteiger partial charge in [0.15, 0.2) is 18.1 Å². The molecule has 0 unspecified atom stereocenters. The van der Waals surface area contributed by atoms with Gasteiger partial charge in [-0.3, -0.25) is 0 Å². The second kappa shape index (κ2) is 9.88. The third-order valence-corrected chi connectivity index (χ3v) is 3.67. The number of ether oxygens (including phenoxy) is 4. The molecule has 0 atom stereocenters. The van der Waals surface area contributed by atoms with Gasteiger partial charge in [0.2, 0.25) is 0 Å². The molecule has 2 aromatic rings. The summed E-state index contributed by atoms with van der Waals surface area (Å²) in [5.74, 6) is 1.28. The number of rotatable bonds is 8. The highest BCUT2D eigenvalue weighted by atomic mass is 16.6. The summed E-state index contributed by atoms with van der Waals surface area (Å²) in [6, 6.07) is 14.6. The summed E-state index contributed by atoms with van der Waals surface area (Å²) in [5, 5.41) is 9.51.